The Kier molecular flexibility index (Phi) is 4.71. The molecule has 2 aliphatic carbocycles. The summed E-state index contributed by atoms with van der Waals surface area (Å²) in [7, 11) is 0. The van der Waals surface area contributed by atoms with Crippen LogP contribution in [-0.4, -0.2) is 55.0 Å². The Morgan fingerprint density at radius 3 is 2.35 bits per heavy atom. The molecule has 4 aliphatic rings. The highest BCUT2D eigenvalue weighted by Crippen LogP contribution is 2.52. The van der Waals surface area contributed by atoms with Crippen molar-refractivity contribution in [1.82, 2.24) is 24.4 Å². The van der Waals surface area contributed by atoms with Gasteiger partial charge in [-0.15, -0.1) is 0 Å². The van der Waals surface area contributed by atoms with E-state index in [1.165, 1.54) is 25.9 Å². The number of nitrogens with one attached hydrogen (secondary N) is 1. The van der Waals surface area contributed by atoms with Crippen molar-refractivity contribution in [2.24, 2.45) is 11.8 Å². The Morgan fingerprint density at radius 2 is 1.70 bits per heavy atom. The van der Waals surface area contributed by atoms with Crippen molar-refractivity contribution in [2.45, 2.75) is 83.3 Å². The van der Waals surface area contributed by atoms with E-state index in [2.05, 4.69) is 27.9 Å². The number of imidazole rings is 1. The lowest BCUT2D eigenvalue weighted by Crippen LogP contribution is -2.62. The predicted octanol–water partition coefficient (Wildman–Crippen LogP) is 4.25. The summed E-state index contributed by atoms with van der Waals surface area (Å²) < 4.78 is 1.72. The molecule has 3 aromatic heterocycles. The van der Waals surface area contributed by atoms with Crippen LogP contribution in [0.4, 0.5) is 5.69 Å². The van der Waals surface area contributed by atoms with Crippen molar-refractivity contribution in [2.75, 3.05) is 18.0 Å². The molecule has 3 aromatic rings. The number of carbonyl (C=O) groups is 1. The number of H-pyrrole nitrogens is 1. The van der Waals surface area contributed by atoms with Crippen LogP contribution in [-0.2, 0) is 10.2 Å². The third-order valence-electron chi connectivity index (χ3n) is 9.85. The van der Waals surface area contributed by atoms with Crippen molar-refractivity contribution >= 4 is 22.6 Å². The fourth-order valence-corrected chi connectivity index (χ4v) is 7.42. The first-order valence-electron chi connectivity index (χ1n) is 13.8. The van der Waals surface area contributed by atoms with Gasteiger partial charge in [-0.1, -0.05) is 0 Å². The Bertz CT molecular complexity index is 1480. The molecule has 1 unspecified atom stereocenters. The standard InChI is InChI=1S/C29H36N6O2/c1-16(2)34-24-13-30-21(9-22(24)32-27(34)37)19-8-23-25(31-12-19)28(3,4)26(36)35(23)20-10-29(5,11-20)33-14-17-6-7-18(17)15-33/h8-9,12-13,16-18,20H,6-7,10-11,14-15H2,1-5H3,(H,32,37)/t17-,18?,20?,29?/m1/s1. The van der Waals surface area contributed by atoms with Gasteiger partial charge in [-0.2, -0.15) is 0 Å². The molecule has 0 aromatic carbocycles. The number of aromatic amines is 1. The molecular weight excluding hydrogens is 464 g/mol. The highest BCUT2D eigenvalue weighted by molar-refractivity contribution is 6.08. The van der Waals surface area contributed by atoms with Gasteiger partial charge in [0.05, 0.1) is 39.7 Å². The fraction of sp³-hybridized carbons (Fsp3) is 0.586. The van der Waals surface area contributed by atoms with Crippen molar-refractivity contribution < 1.29 is 4.79 Å². The minimum Gasteiger partial charge on any atom is -0.307 e. The summed E-state index contributed by atoms with van der Waals surface area (Å²) in [6, 6.07) is 4.22. The molecule has 7 rings (SSSR count). The normalized spacial score (nSPS) is 30.5. The molecule has 37 heavy (non-hydrogen) atoms. The van der Waals surface area contributed by atoms with Gasteiger partial charge >= 0.3 is 5.69 Å². The second-order valence-electron chi connectivity index (χ2n) is 12.9. The van der Waals surface area contributed by atoms with Crippen LogP contribution in [0.5, 0.6) is 0 Å². The lowest BCUT2D eigenvalue weighted by atomic mass is 9.72. The molecular formula is C29H36N6O2. The van der Waals surface area contributed by atoms with Gasteiger partial charge in [-0.3, -0.25) is 24.2 Å². The SMILES string of the molecule is CC(C)n1c(=O)[nH]c2cc(-c3cnc4c(c3)N(C3CC(C)(N5CC6CC[C@@H]6C5)C3)C(=O)C4(C)C)ncc21. The molecule has 8 nitrogen and oxygen atoms in total. The number of pyridine rings is 2. The molecule has 2 aliphatic heterocycles. The van der Waals surface area contributed by atoms with E-state index in [1.54, 1.807) is 10.8 Å². The molecule has 2 atom stereocenters. The van der Waals surface area contributed by atoms with Gasteiger partial charge in [-0.05, 0) is 84.3 Å². The topological polar surface area (TPSA) is 87.1 Å². The van der Waals surface area contributed by atoms with Crippen LogP contribution in [0, 0.1) is 11.8 Å². The van der Waals surface area contributed by atoms with E-state index < -0.39 is 5.41 Å². The molecule has 3 fully saturated rings. The number of hydrogen-bond acceptors (Lipinski definition) is 5. The van der Waals surface area contributed by atoms with Gasteiger partial charge in [0.1, 0.15) is 0 Å². The highest BCUT2D eigenvalue weighted by Gasteiger charge is 2.56. The van der Waals surface area contributed by atoms with Crippen LogP contribution in [0.2, 0.25) is 0 Å². The first kappa shape index (κ1) is 23.1. The van der Waals surface area contributed by atoms with Gasteiger partial charge in [0.25, 0.3) is 0 Å². The second-order valence-corrected chi connectivity index (χ2v) is 12.9. The maximum absolute atomic E-state index is 13.7. The molecule has 5 heterocycles. The van der Waals surface area contributed by atoms with Crippen LogP contribution in [0.1, 0.15) is 72.0 Å². The summed E-state index contributed by atoms with van der Waals surface area (Å²) in [5.74, 6) is 1.93. The average Bonchev–Trinajstić information content (AvgIpc) is 3.38. The number of hydrogen-bond donors (Lipinski definition) is 1. The number of carbonyl (C=O) groups excluding carboxylic acids is 1. The summed E-state index contributed by atoms with van der Waals surface area (Å²) >= 11 is 0. The maximum atomic E-state index is 13.7. The van der Waals surface area contributed by atoms with Gasteiger partial charge in [-0.25, -0.2) is 4.79 Å². The summed E-state index contributed by atoms with van der Waals surface area (Å²) in [6.07, 6.45) is 8.35. The molecule has 8 heteroatoms. The zero-order valence-corrected chi connectivity index (χ0v) is 22.4. The van der Waals surface area contributed by atoms with E-state index >= 15 is 0 Å². The third kappa shape index (κ3) is 3.17. The zero-order chi connectivity index (χ0) is 25.9. The Morgan fingerprint density at radius 1 is 1.00 bits per heavy atom. The van der Waals surface area contributed by atoms with Gasteiger partial charge in [0, 0.05) is 42.5 Å². The smallest absolute Gasteiger partial charge is 0.307 e. The molecule has 0 bridgehead atoms. The van der Waals surface area contributed by atoms with E-state index in [9.17, 15) is 9.59 Å². The number of nitrogens with zero attached hydrogens (tertiary/aromatic N) is 5. The summed E-state index contributed by atoms with van der Waals surface area (Å²) in [5, 5.41) is 0. The van der Waals surface area contributed by atoms with Crippen LogP contribution in [0.25, 0.3) is 22.3 Å². The first-order valence-corrected chi connectivity index (χ1v) is 13.8. The number of likely N-dealkylation sites (tertiary alicyclic amines) is 1. The zero-order valence-electron chi connectivity index (χ0n) is 22.4. The molecule has 194 valence electrons. The lowest BCUT2D eigenvalue weighted by molar-refractivity contribution is -0.123. The number of aromatic nitrogens is 4. The molecule has 1 saturated heterocycles. The molecule has 1 amide bonds. The average molecular weight is 501 g/mol. The van der Waals surface area contributed by atoms with Crippen molar-refractivity contribution in [3.8, 4) is 11.3 Å². The van der Waals surface area contributed by atoms with E-state index in [4.69, 9.17) is 4.98 Å². The van der Waals surface area contributed by atoms with Crippen LogP contribution in [0.3, 0.4) is 0 Å². The highest BCUT2D eigenvalue weighted by atomic mass is 16.2. The van der Waals surface area contributed by atoms with E-state index in [0.29, 0.717) is 0 Å². The summed E-state index contributed by atoms with van der Waals surface area (Å²) in [4.78, 5) is 43.4. The lowest BCUT2D eigenvalue weighted by Gasteiger charge is -2.54. The van der Waals surface area contributed by atoms with Crippen LogP contribution in [0.15, 0.2) is 29.3 Å². The summed E-state index contributed by atoms with van der Waals surface area (Å²) in [5.41, 5.74) is 4.30. The minimum atomic E-state index is -0.649. The predicted molar refractivity (Wildman–Crippen MR) is 144 cm³/mol. The molecule has 0 spiro atoms. The summed E-state index contributed by atoms with van der Waals surface area (Å²) in [6.45, 7) is 12.8. The minimum absolute atomic E-state index is 0.0428. The quantitative estimate of drug-likeness (QED) is 0.579. The fourth-order valence-electron chi connectivity index (χ4n) is 7.42. The molecule has 1 N–H and O–H groups in total. The third-order valence-corrected chi connectivity index (χ3v) is 9.85. The monoisotopic (exact) mass is 500 g/mol. The number of anilines is 1. The first-order chi connectivity index (χ1) is 17.6. The second kappa shape index (κ2) is 7.53. The number of amides is 1. The number of rotatable bonds is 4. The largest absolute Gasteiger partial charge is 0.326 e. The van der Waals surface area contributed by atoms with Crippen molar-refractivity contribution in [3.63, 3.8) is 0 Å². The van der Waals surface area contributed by atoms with Gasteiger partial charge in [0.2, 0.25) is 5.91 Å². The maximum Gasteiger partial charge on any atom is 0.326 e. The van der Waals surface area contributed by atoms with Crippen LogP contribution < -0.4 is 10.6 Å². The van der Waals surface area contributed by atoms with E-state index in [-0.39, 0.29) is 29.2 Å². The van der Waals surface area contributed by atoms with Crippen molar-refractivity contribution in [3.05, 3.63) is 40.7 Å². The van der Waals surface area contributed by atoms with Crippen molar-refractivity contribution in [1.29, 1.82) is 0 Å². The van der Waals surface area contributed by atoms with E-state index in [1.807, 2.05) is 44.9 Å². The van der Waals surface area contributed by atoms with Gasteiger partial charge in [0.15, 0.2) is 0 Å². The molecule has 0 radical (unpaired) electrons. The van der Waals surface area contributed by atoms with E-state index in [0.717, 1.165) is 58.3 Å². The van der Waals surface area contributed by atoms with Crippen LogP contribution >= 0.6 is 0 Å². The Balaban J connectivity index is 1.21. The Hall–Kier alpha value is -3.00. The van der Waals surface area contributed by atoms with Gasteiger partial charge < -0.3 is 9.88 Å². The molecule has 2 saturated carbocycles. The Labute approximate surface area is 217 Å². The number of fused-ring (bicyclic) bond motifs is 3.